The van der Waals surface area contributed by atoms with E-state index in [1.54, 1.807) is 6.07 Å². The first kappa shape index (κ1) is 19.3. The highest BCUT2D eigenvalue weighted by molar-refractivity contribution is 7.90. The lowest BCUT2D eigenvalue weighted by Gasteiger charge is -2.30. The van der Waals surface area contributed by atoms with Crippen molar-refractivity contribution in [2.24, 2.45) is 0 Å². The number of sulfonamides is 1. The summed E-state index contributed by atoms with van der Waals surface area (Å²) in [6.07, 6.45) is 1.45. The molecular formula is C17H20ClN5O4S. The van der Waals surface area contributed by atoms with E-state index in [0.717, 1.165) is 36.8 Å². The smallest absolute Gasteiger partial charge is 0.269 e. The lowest BCUT2D eigenvalue weighted by molar-refractivity contribution is 0.0865. The van der Waals surface area contributed by atoms with E-state index in [1.165, 1.54) is 12.1 Å². The third-order valence-corrected chi connectivity index (χ3v) is 7.20. The van der Waals surface area contributed by atoms with Gasteiger partial charge in [0.1, 0.15) is 4.90 Å². The van der Waals surface area contributed by atoms with E-state index in [4.69, 9.17) is 4.52 Å². The number of piperazine rings is 1. The molecule has 3 heterocycles. The molecule has 1 saturated heterocycles. The van der Waals surface area contributed by atoms with Crippen LogP contribution in [0.1, 0.15) is 35.1 Å². The highest BCUT2D eigenvalue weighted by Crippen LogP contribution is 2.40. The van der Waals surface area contributed by atoms with E-state index in [1.807, 2.05) is 7.05 Å². The number of hydrogen-bond donors (Lipinski definition) is 1. The van der Waals surface area contributed by atoms with Gasteiger partial charge in [0.25, 0.3) is 21.8 Å². The van der Waals surface area contributed by atoms with Crippen LogP contribution in [0.25, 0.3) is 11.5 Å². The Balaban J connectivity index is 0.00000192. The van der Waals surface area contributed by atoms with E-state index in [2.05, 4.69) is 20.4 Å². The molecule has 1 aromatic carbocycles. The lowest BCUT2D eigenvalue weighted by atomic mass is 10.1. The average Bonchev–Trinajstić information content (AvgIpc) is 3.31. The van der Waals surface area contributed by atoms with Gasteiger partial charge in [-0.2, -0.15) is 4.98 Å². The summed E-state index contributed by atoms with van der Waals surface area (Å²) in [5.74, 6) is 0.359. The summed E-state index contributed by atoms with van der Waals surface area (Å²) < 4.78 is 32.0. The van der Waals surface area contributed by atoms with Crippen molar-refractivity contribution in [3.63, 3.8) is 0 Å². The number of fused-ring (bicyclic) bond motifs is 1. The number of nitrogens with zero attached hydrogens (tertiary/aromatic N) is 4. The van der Waals surface area contributed by atoms with Crippen LogP contribution in [-0.2, 0) is 10.0 Å². The molecule has 2 fully saturated rings. The predicted octanol–water partition coefficient (Wildman–Crippen LogP) is 1.04. The second-order valence-electron chi connectivity index (χ2n) is 7.21. The molecule has 1 aromatic heterocycles. The van der Waals surface area contributed by atoms with Gasteiger partial charge in [-0.3, -0.25) is 9.69 Å². The summed E-state index contributed by atoms with van der Waals surface area (Å²) in [5, 5.41) is 7.37. The topological polar surface area (TPSA) is 109 Å². The van der Waals surface area contributed by atoms with Crippen molar-refractivity contribution in [2.75, 3.05) is 26.7 Å². The third kappa shape index (κ3) is 2.91. The molecule has 1 atom stereocenters. The van der Waals surface area contributed by atoms with Crippen LogP contribution in [0.15, 0.2) is 27.6 Å². The van der Waals surface area contributed by atoms with Gasteiger partial charge in [-0.25, -0.2) is 12.7 Å². The molecule has 3 aliphatic rings. The third-order valence-electron chi connectivity index (χ3n) is 5.33. The molecule has 9 nitrogen and oxygen atoms in total. The fourth-order valence-electron chi connectivity index (χ4n) is 3.63. The molecule has 1 unspecified atom stereocenters. The number of benzene rings is 1. The van der Waals surface area contributed by atoms with Crippen molar-refractivity contribution >= 4 is 28.3 Å². The maximum absolute atomic E-state index is 12.8. The predicted molar refractivity (Wildman–Crippen MR) is 102 cm³/mol. The minimum atomic E-state index is -3.81. The van der Waals surface area contributed by atoms with Gasteiger partial charge in [-0.1, -0.05) is 5.16 Å². The standard InChI is InChI=1S/C17H19N5O4S.ClH/c1-21-7-6-18-9-13(21)15-19-16(26-20-15)10-2-5-12-14(8-10)27(24,25)22(17(12)23)11-3-4-11;/h2,5,8,11,13,18H,3-4,6-7,9H2,1H3;1H. The number of carbonyl (C=O) groups excluding carboxylic acids is 1. The number of hydrogen-bond acceptors (Lipinski definition) is 8. The van der Waals surface area contributed by atoms with Crippen LogP contribution in [0.3, 0.4) is 0 Å². The number of amides is 1. The summed E-state index contributed by atoms with van der Waals surface area (Å²) in [5.41, 5.74) is 0.703. The first-order valence-electron chi connectivity index (χ1n) is 8.94. The first-order chi connectivity index (χ1) is 13.0. The zero-order valence-electron chi connectivity index (χ0n) is 15.2. The van der Waals surface area contributed by atoms with E-state index >= 15 is 0 Å². The van der Waals surface area contributed by atoms with Crippen molar-refractivity contribution < 1.29 is 17.7 Å². The van der Waals surface area contributed by atoms with Crippen LogP contribution in [0.4, 0.5) is 0 Å². The van der Waals surface area contributed by atoms with Crippen LogP contribution in [0.5, 0.6) is 0 Å². The quantitative estimate of drug-likeness (QED) is 0.777. The molecule has 2 aromatic rings. The van der Waals surface area contributed by atoms with Crippen LogP contribution in [0.2, 0.25) is 0 Å². The summed E-state index contributed by atoms with van der Waals surface area (Å²) in [7, 11) is -1.81. The molecule has 1 amide bonds. The Hall–Kier alpha value is -2.01. The molecule has 150 valence electrons. The van der Waals surface area contributed by atoms with Crippen molar-refractivity contribution in [2.45, 2.75) is 29.8 Å². The molecule has 5 rings (SSSR count). The van der Waals surface area contributed by atoms with Crippen molar-refractivity contribution in [1.29, 1.82) is 0 Å². The number of aromatic nitrogens is 2. The van der Waals surface area contributed by atoms with E-state index in [-0.39, 0.29) is 40.8 Å². The van der Waals surface area contributed by atoms with E-state index < -0.39 is 15.9 Å². The first-order valence-corrected chi connectivity index (χ1v) is 10.4. The van der Waals surface area contributed by atoms with Gasteiger partial charge < -0.3 is 9.84 Å². The molecular weight excluding hydrogens is 406 g/mol. The monoisotopic (exact) mass is 425 g/mol. The van der Waals surface area contributed by atoms with E-state index in [0.29, 0.717) is 11.4 Å². The molecule has 0 radical (unpaired) electrons. The van der Waals surface area contributed by atoms with Gasteiger partial charge >= 0.3 is 0 Å². The fraction of sp³-hybridized carbons (Fsp3) is 0.471. The Kier molecular flexibility index (Phi) is 4.69. The molecule has 1 N–H and O–H groups in total. The Bertz CT molecular complexity index is 1040. The lowest BCUT2D eigenvalue weighted by Crippen LogP contribution is -2.44. The molecule has 28 heavy (non-hydrogen) atoms. The minimum absolute atomic E-state index is 0. The van der Waals surface area contributed by atoms with Crippen molar-refractivity contribution in [3.8, 4) is 11.5 Å². The fourth-order valence-corrected chi connectivity index (χ4v) is 5.47. The van der Waals surface area contributed by atoms with Gasteiger partial charge in [0.15, 0.2) is 5.82 Å². The van der Waals surface area contributed by atoms with Crippen molar-refractivity contribution in [1.82, 2.24) is 24.7 Å². The summed E-state index contributed by atoms with van der Waals surface area (Å²) in [4.78, 5) is 19.1. The molecule has 1 aliphatic carbocycles. The zero-order chi connectivity index (χ0) is 18.8. The Morgan fingerprint density at radius 2 is 2.07 bits per heavy atom. The van der Waals surface area contributed by atoms with Crippen molar-refractivity contribution in [3.05, 3.63) is 29.6 Å². The van der Waals surface area contributed by atoms with Gasteiger partial charge in [-0.05, 0) is 38.1 Å². The second kappa shape index (κ2) is 6.80. The van der Waals surface area contributed by atoms with Gasteiger partial charge in [0.2, 0.25) is 0 Å². The van der Waals surface area contributed by atoms with Gasteiger partial charge in [-0.15, -0.1) is 12.4 Å². The normalized spacial score (nSPS) is 24.1. The number of rotatable bonds is 3. The molecule has 11 heteroatoms. The molecule has 0 spiro atoms. The Labute approximate surface area is 168 Å². The highest BCUT2D eigenvalue weighted by atomic mass is 35.5. The zero-order valence-corrected chi connectivity index (χ0v) is 16.8. The van der Waals surface area contributed by atoms with Crippen LogP contribution < -0.4 is 5.32 Å². The van der Waals surface area contributed by atoms with E-state index in [9.17, 15) is 13.2 Å². The van der Waals surface area contributed by atoms with Crippen LogP contribution in [0, 0.1) is 0 Å². The Morgan fingerprint density at radius 1 is 1.29 bits per heavy atom. The summed E-state index contributed by atoms with van der Waals surface area (Å²) in [6.45, 7) is 2.51. The molecule has 1 saturated carbocycles. The van der Waals surface area contributed by atoms with Crippen LogP contribution >= 0.6 is 12.4 Å². The molecule has 2 aliphatic heterocycles. The number of likely N-dealkylation sites (N-methyl/N-ethyl adjacent to an activating group) is 1. The SMILES string of the molecule is CN1CCNCC1c1noc(-c2ccc3c(c2)S(=O)(=O)N(C2CC2)C3=O)n1.Cl. The summed E-state index contributed by atoms with van der Waals surface area (Å²) in [6, 6.07) is 4.45. The number of halogens is 1. The maximum Gasteiger partial charge on any atom is 0.269 e. The minimum Gasteiger partial charge on any atom is -0.334 e. The number of nitrogens with one attached hydrogen (secondary N) is 1. The van der Waals surface area contributed by atoms with Gasteiger partial charge in [0.05, 0.1) is 11.6 Å². The molecule has 0 bridgehead atoms. The largest absolute Gasteiger partial charge is 0.334 e. The summed E-state index contributed by atoms with van der Waals surface area (Å²) >= 11 is 0. The Morgan fingerprint density at radius 3 is 2.79 bits per heavy atom. The number of carbonyl (C=O) groups is 1. The highest BCUT2D eigenvalue weighted by Gasteiger charge is 2.48. The maximum atomic E-state index is 12.8. The average molecular weight is 426 g/mol. The van der Waals surface area contributed by atoms with Gasteiger partial charge in [0, 0.05) is 31.2 Å². The van der Waals surface area contributed by atoms with Crippen LogP contribution in [-0.4, -0.2) is 66.4 Å². The second-order valence-corrected chi connectivity index (χ2v) is 8.99.